The molecule has 80 valence electrons. The second-order valence-electron chi connectivity index (χ2n) is 2.82. The molecular formula is C9H4Br3ClS2. The lowest BCUT2D eigenvalue weighted by Crippen LogP contribution is -1.84. The van der Waals surface area contributed by atoms with E-state index in [1.807, 2.05) is 0 Å². The first-order valence-electron chi connectivity index (χ1n) is 3.90. The zero-order chi connectivity index (χ0) is 11.0. The molecular weight excluding hydrogens is 447 g/mol. The van der Waals surface area contributed by atoms with Crippen LogP contribution in [0.1, 0.15) is 15.3 Å². The minimum absolute atomic E-state index is 0.217. The Hall–Kier alpha value is 1.13. The van der Waals surface area contributed by atoms with Crippen molar-refractivity contribution in [1.82, 2.24) is 0 Å². The zero-order valence-electron chi connectivity index (χ0n) is 7.14. The molecule has 0 aliphatic rings. The lowest BCUT2D eigenvalue weighted by Gasteiger charge is -2.03. The predicted octanol–water partition coefficient (Wildman–Crippen LogP) is 6.47. The Balaban J connectivity index is 2.31. The molecule has 2 aromatic heterocycles. The normalized spacial score (nSPS) is 13.1. The number of halogens is 4. The molecule has 0 spiro atoms. The van der Waals surface area contributed by atoms with Crippen LogP contribution in [0, 0.1) is 0 Å². The van der Waals surface area contributed by atoms with Gasteiger partial charge in [-0.25, -0.2) is 0 Å². The van der Waals surface area contributed by atoms with Crippen LogP contribution in [0.5, 0.6) is 0 Å². The van der Waals surface area contributed by atoms with Crippen LogP contribution in [0.3, 0.4) is 0 Å². The molecule has 0 saturated carbocycles. The molecule has 0 amide bonds. The van der Waals surface area contributed by atoms with Gasteiger partial charge in [-0.2, -0.15) is 0 Å². The lowest BCUT2D eigenvalue weighted by molar-refractivity contribution is 1.24. The Kier molecular flexibility index (Phi) is 4.35. The van der Waals surface area contributed by atoms with Gasteiger partial charge in [0, 0.05) is 9.35 Å². The molecule has 0 radical (unpaired) electrons. The van der Waals surface area contributed by atoms with Crippen molar-refractivity contribution in [3.63, 3.8) is 0 Å². The largest absolute Gasteiger partial charge is 0.136 e. The molecule has 2 aromatic rings. The van der Waals surface area contributed by atoms with Crippen LogP contribution in [0.25, 0.3) is 0 Å². The first kappa shape index (κ1) is 12.6. The summed E-state index contributed by atoms with van der Waals surface area (Å²) in [4.78, 5) is 1.42. The molecule has 0 nitrogen and oxygen atoms in total. The van der Waals surface area contributed by atoms with E-state index in [0.29, 0.717) is 0 Å². The molecule has 0 saturated heterocycles. The molecule has 0 fully saturated rings. The Labute approximate surface area is 126 Å². The van der Waals surface area contributed by atoms with Crippen LogP contribution in [-0.2, 0) is 0 Å². The molecule has 1 unspecified atom stereocenters. The minimum atomic E-state index is 0.217. The molecule has 0 aromatic carbocycles. The quantitative estimate of drug-likeness (QED) is 0.459. The van der Waals surface area contributed by atoms with Crippen molar-refractivity contribution in [3.05, 3.63) is 40.5 Å². The standard InChI is InChI=1S/C9H4Br3ClS2/c10-5-2-6(15-9(5)13)8(12)4-1-7(11)14-3-4/h1-3,8H. The maximum Gasteiger partial charge on any atom is 0.107 e. The van der Waals surface area contributed by atoms with E-state index in [0.717, 1.165) is 12.6 Å². The van der Waals surface area contributed by atoms with Crippen molar-refractivity contribution in [3.8, 4) is 0 Å². The molecule has 2 rings (SSSR count). The van der Waals surface area contributed by atoms with Gasteiger partial charge < -0.3 is 0 Å². The van der Waals surface area contributed by atoms with Gasteiger partial charge in [-0.1, -0.05) is 27.5 Å². The SMILES string of the molecule is Clc1sc(C(Br)c2csc(Br)c2)cc1Br. The Morgan fingerprint density at radius 2 is 2.00 bits per heavy atom. The van der Waals surface area contributed by atoms with Gasteiger partial charge in [-0.3, -0.25) is 0 Å². The minimum Gasteiger partial charge on any atom is -0.136 e. The zero-order valence-corrected chi connectivity index (χ0v) is 14.3. The molecule has 6 heteroatoms. The van der Waals surface area contributed by atoms with Crippen molar-refractivity contribution in [2.24, 2.45) is 0 Å². The molecule has 0 aliphatic heterocycles. The monoisotopic (exact) mass is 448 g/mol. The number of hydrogen-bond donors (Lipinski definition) is 0. The van der Waals surface area contributed by atoms with Crippen molar-refractivity contribution in [2.75, 3.05) is 0 Å². The molecule has 1 atom stereocenters. The average Bonchev–Trinajstić information content (AvgIpc) is 2.74. The van der Waals surface area contributed by atoms with E-state index in [1.54, 1.807) is 22.7 Å². The van der Waals surface area contributed by atoms with E-state index in [1.165, 1.54) is 10.4 Å². The summed E-state index contributed by atoms with van der Waals surface area (Å²) in [5.41, 5.74) is 1.25. The van der Waals surface area contributed by atoms with Crippen LogP contribution >= 0.6 is 82.1 Å². The summed E-state index contributed by atoms with van der Waals surface area (Å²) >= 11 is 19.8. The van der Waals surface area contributed by atoms with E-state index >= 15 is 0 Å². The first-order valence-corrected chi connectivity index (χ1v) is 8.48. The maximum absolute atomic E-state index is 6.01. The Morgan fingerprint density at radius 1 is 1.27 bits per heavy atom. The highest BCUT2D eigenvalue weighted by atomic mass is 79.9. The Bertz CT molecular complexity index is 458. The molecule has 0 N–H and O–H groups in total. The van der Waals surface area contributed by atoms with Gasteiger partial charge in [0.2, 0.25) is 0 Å². The highest BCUT2D eigenvalue weighted by molar-refractivity contribution is 9.11. The third-order valence-electron chi connectivity index (χ3n) is 1.79. The van der Waals surface area contributed by atoms with Gasteiger partial charge >= 0.3 is 0 Å². The van der Waals surface area contributed by atoms with Crippen LogP contribution in [-0.4, -0.2) is 0 Å². The van der Waals surface area contributed by atoms with E-state index in [2.05, 4.69) is 65.3 Å². The fraction of sp³-hybridized carbons (Fsp3) is 0.111. The molecule has 0 aliphatic carbocycles. The van der Waals surface area contributed by atoms with E-state index in [-0.39, 0.29) is 4.83 Å². The summed E-state index contributed by atoms with van der Waals surface area (Å²) in [7, 11) is 0. The molecule has 2 heterocycles. The maximum atomic E-state index is 6.01. The second kappa shape index (κ2) is 5.19. The van der Waals surface area contributed by atoms with Gasteiger partial charge in [0.15, 0.2) is 0 Å². The van der Waals surface area contributed by atoms with Crippen molar-refractivity contribution in [1.29, 1.82) is 0 Å². The fourth-order valence-corrected chi connectivity index (χ4v) is 4.90. The second-order valence-corrected chi connectivity index (χ2v) is 8.56. The van der Waals surface area contributed by atoms with Crippen LogP contribution in [0.2, 0.25) is 4.34 Å². The summed E-state index contributed by atoms with van der Waals surface area (Å²) in [6.07, 6.45) is 0. The van der Waals surface area contributed by atoms with Gasteiger partial charge in [-0.05, 0) is 54.9 Å². The summed E-state index contributed by atoms with van der Waals surface area (Å²) in [6, 6.07) is 4.17. The summed E-state index contributed by atoms with van der Waals surface area (Å²) in [5, 5.41) is 2.13. The van der Waals surface area contributed by atoms with Crippen LogP contribution in [0.15, 0.2) is 25.8 Å². The molecule has 15 heavy (non-hydrogen) atoms. The summed E-state index contributed by atoms with van der Waals surface area (Å²) in [6.45, 7) is 0. The highest BCUT2D eigenvalue weighted by Crippen LogP contribution is 2.42. The highest BCUT2D eigenvalue weighted by Gasteiger charge is 2.16. The number of alkyl halides is 1. The van der Waals surface area contributed by atoms with Gasteiger partial charge in [0.25, 0.3) is 0 Å². The third-order valence-corrected chi connectivity index (χ3v) is 7.18. The number of rotatable bonds is 2. The molecule has 0 bridgehead atoms. The van der Waals surface area contributed by atoms with E-state index in [4.69, 9.17) is 11.6 Å². The van der Waals surface area contributed by atoms with Crippen molar-refractivity contribution in [2.45, 2.75) is 4.83 Å². The van der Waals surface area contributed by atoms with E-state index < -0.39 is 0 Å². The number of hydrogen-bond acceptors (Lipinski definition) is 2. The van der Waals surface area contributed by atoms with Crippen molar-refractivity contribution >= 4 is 82.1 Å². The van der Waals surface area contributed by atoms with Crippen LogP contribution < -0.4 is 0 Å². The first-order chi connectivity index (χ1) is 7.08. The topological polar surface area (TPSA) is 0 Å². The number of thiophene rings is 2. The van der Waals surface area contributed by atoms with E-state index in [9.17, 15) is 0 Å². The van der Waals surface area contributed by atoms with Crippen molar-refractivity contribution < 1.29 is 0 Å². The summed E-state index contributed by atoms with van der Waals surface area (Å²) in [5.74, 6) is 0. The smallest absolute Gasteiger partial charge is 0.107 e. The van der Waals surface area contributed by atoms with Crippen LogP contribution in [0.4, 0.5) is 0 Å². The summed E-state index contributed by atoms with van der Waals surface area (Å²) < 4.78 is 2.90. The van der Waals surface area contributed by atoms with Gasteiger partial charge in [0.05, 0.1) is 8.61 Å². The van der Waals surface area contributed by atoms with Gasteiger partial charge in [-0.15, -0.1) is 22.7 Å². The average molecular weight is 451 g/mol. The Morgan fingerprint density at radius 3 is 2.47 bits per heavy atom. The fourth-order valence-electron chi connectivity index (χ4n) is 1.11. The van der Waals surface area contributed by atoms with Gasteiger partial charge in [0.1, 0.15) is 4.34 Å². The predicted molar refractivity (Wildman–Crippen MR) is 79.8 cm³/mol. The lowest BCUT2D eigenvalue weighted by atomic mass is 10.2. The third kappa shape index (κ3) is 2.87.